The highest BCUT2D eigenvalue weighted by molar-refractivity contribution is 6.03. The molecule has 4 N–H and O–H groups in total. The van der Waals surface area contributed by atoms with E-state index in [1.54, 1.807) is 18.2 Å². The Bertz CT molecular complexity index is 1330. The van der Waals surface area contributed by atoms with Crippen LogP contribution in [0.4, 0.5) is 5.69 Å². The average Bonchev–Trinajstić information content (AvgIpc) is 3.55. The number of carbonyl (C=O) groups is 2. The van der Waals surface area contributed by atoms with Gasteiger partial charge in [-0.25, -0.2) is 14.6 Å². The lowest BCUT2D eigenvalue weighted by Crippen LogP contribution is -2.30. The van der Waals surface area contributed by atoms with E-state index in [9.17, 15) is 9.59 Å². The van der Waals surface area contributed by atoms with Crippen molar-refractivity contribution in [2.45, 2.75) is 13.1 Å². The predicted molar refractivity (Wildman–Crippen MR) is 130 cm³/mol. The molecule has 0 saturated carbocycles. The zero-order chi connectivity index (χ0) is 23.9. The van der Waals surface area contributed by atoms with Gasteiger partial charge in [-0.15, -0.1) is 0 Å². The van der Waals surface area contributed by atoms with Crippen LogP contribution in [-0.4, -0.2) is 42.1 Å². The van der Waals surface area contributed by atoms with E-state index < -0.39 is 11.9 Å². The summed E-state index contributed by atoms with van der Waals surface area (Å²) in [7, 11) is 2.68. The lowest BCUT2D eigenvalue weighted by Gasteiger charge is -2.14. The highest BCUT2D eigenvalue weighted by Crippen LogP contribution is 2.23. The molecule has 0 spiro atoms. The van der Waals surface area contributed by atoms with Crippen LogP contribution in [0.15, 0.2) is 71.7 Å². The molecular formula is C25H25N5O4. The summed E-state index contributed by atoms with van der Waals surface area (Å²) in [5.74, 6) is -0.336. The molecule has 4 aromatic rings. The number of rotatable bonds is 7. The molecule has 0 aliphatic heterocycles. The first kappa shape index (κ1) is 22.7. The van der Waals surface area contributed by atoms with Gasteiger partial charge in [0.25, 0.3) is 0 Å². The van der Waals surface area contributed by atoms with Crippen LogP contribution in [0, 0.1) is 0 Å². The summed E-state index contributed by atoms with van der Waals surface area (Å²) in [4.78, 5) is 34.1. The second-order valence-electron chi connectivity index (χ2n) is 7.45. The summed E-state index contributed by atoms with van der Waals surface area (Å²) >= 11 is 0. The zero-order valence-corrected chi connectivity index (χ0v) is 18.8. The first-order valence-corrected chi connectivity index (χ1v) is 10.6. The summed E-state index contributed by atoms with van der Waals surface area (Å²) in [6.07, 6.45) is 0. The van der Waals surface area contributed by atoms with Crippen LogP contribution in [0.25, 0.3) is 10.8 Å². The number of aliphatic imine (C=N–C) groups is 1. The number of aromatic nitrogens is 2. The number of methoxy groups -OCH3 is 2. The fourth-order valence-corrected chi connectivity index (χ4v) is 3.48. The summed E-state index contributed by atoms with van der Waals surface area (Å²) < 4.78 is 9.49. The smallest absolute Gasteiger partial charge is 0.354 e. The lowest BCUT2D eigenvalue weighted by molar-refractivity contribution is 0.0586. The number of benzene rings is 2. The van der Waals surface area contributed by atoms with Gasteiger partial charge in [0.05, 0.1) is 27.3 Å². The van der Waals surface area contributed by atoms with Gasteiger partial charge in [0.2, 0.25) is 0 Å². The molecule has 2 heterocycles. The number of hydrogen-bond acceptors (Lipinski definition) is 5. The van der Waals surface area contributed by atoms with Crippen LogP contribution >= 0.6 is 0 Å². The molecule has 0 amide bonds. The van der Waals surface area contributed by atoms with Crippen molar-refractivity contribution in [2.75, 3.05) is 19.5 Å². The third kappa shape index (κ3) is 5.26. The Balaban J connectivity index is 1.55. The maximum Gasteiger partial charge on any atom is 0.354 e. The molecular weight excluding hydrogens is 434 g/mol. The minimum Gasteiger partial charge on any atom is -0.464 e. The van der Waals surface area contributed by atoms with E-state index in [0.29, 0.717) is 30.4 Å². The molecule has 9 heteroatoms. The van der Waals surface area contributed by atoms with Crippen LogP contribution in [0.5, 0.6) is 0 Å². The molecule has 9 nitrogen and oxygen atoms in total. The maximum absolute atomic E-state index is 11.7. The number of hydrogen-bond donors (Lipinski definition) is 4. The third-order valence-electron chi connectivity index (χ3n) is 5.20. The number of H-pyrrole nitrogens is 2. The Kier molecular flexibility index (Phi) is 6.92. The van der Waals surface area contributed by atoms with Crippen LogP contribution in [-0.2, 0) is 22.6 Å². The minimum absolute atomic E-state index is 0.301. The molecule has 2 aromatic carbocycles. The topological polar surface area (TPSA) is 121 Å². The molecule has 34 heavy (non-hydrogen) atoms. The Hall–Kier alpha value is -4.53. The van der Waals surface area contributed by atoms with Crippen LogP contribution < -0.4 is 10.6 Å². The van der Waals surface area contributed by atoms with E-state index in [1.807, 2.05) is 48.5 Å². The van der Waals surface area contributed by atoms with Gasteiger partial charge >= 0.3 is 11.9 Å². The summed E-state index contributed by atoms with van der Waals surface area (Å²) in [6.45, 7) is 0.695. The number of esters is 2. The Labute approximate surface area is 196 Å². The van der Waals surface area contributed by atoms with E-state index in [4.69, 9.17) is 9.47 Å². The third-order valence-corrected chi connectivity index (χ3v) is 5.20. The van der Waals surface area contributed by atoms with E-state index in [-0.39, 0.29) is 0 Å². The van der Waals surface area contributed by atoms with Crippen molar-refractivity contribution in [3.8, 4) is 0 Å². The summed E-state index contributed by atoms with van der Waals surface area (Å²) in [5, 5.41) is 8.81. The van der Waals surface area contributed by atoms with Crippen molar-refractivity contribution in [3.05, 3.63) is 89.5 Å². The van der Waals surface area contributed by atoms with E-state index in [0.717, 1.165) is 27.8 Å². The number of ether oxygens (including phenoxy) is 2. The molecule has 0 fully saturated rings. The van der Waals surface area contributed by atoms with Crippen molar-refractivity contribution >= 4 is 34.4 Å². The van der Waals surface area contributed by atoms with Crippen LogP contribution in [0.1, 0.15) is 32.4 Å². The quantitative estimate of drug-likeness (QED) is 0.189. The van der Waals surface area contributed by atoms with Crippen molar-refractivity contribution in [1.82, 2.24) is 15.3 Å². The Morgan fingerprint density at radius 3 is 2.21 bits per heavy atom. The molecule has 4 rings (SSSR count). The molecule has 2 aromatic heterocycles. The first-order chi connectivity index (χ1) is 16.6. The highest BCUT2D eigenvalue weighted by Gasteiger charge is 2.11. The fourth-order valence-electron chi connectivity index (χ4n) is 3.48. The largest absolute Gasteiger partial charge is 0.464 e. The first-order valence-electron chi connectivity index (χ1n) is 10.6. The molecule has 0 atom stereocenters. The van der Waals surface area contributed by atoms with Crippen LogP contribution in [0.3, 0.4) is 0 Å². The standard InChI is InChI=1S/C25H25N5O4/c1-33-23(31)21-12-10-17(28-21)14-26-25(27-15-18-11-13-22(29-18)24(32)34-2)30-20-9-5-7-16-6-3-4-8-19(16)20/h3-13,28-29H,14-15H2,1-2H3,(H2,26,27,30). The van der Waals surface area contributed by atoms with Gasteiger partial charge in [0.15, 0.2) is 5.96 Å². The zero-order valence-electron chi connectivity index (χ0n) is 18.8. The lowest BCUT2D eigenvalue weighted by atomic mass is 10.1. The average molecular weight is 460 g/mol. The predicted octanol–water partition coefficient (Wildman–Crippen LogP) is 3.83. The fraction of sp³-hybridized carbons (Fsp3) is 0.160. The molecule has 0 aliphatic carbocycles. The number of anilines is 1. The SMILES string of the molecule is COC(=O)c1ccc(CN=C(NCc2ccc(C(=O)OC)[nH]2)Nc2cccc3ccccc23)[nH]1. The van der Waals surface area contributed by atoms with Crippen molar-refractivity contribution < 1.29 is 19.1 Å². The van der Waals surface area contributed by atoms with E-state index in [2.05, 4.69) is 25.6 Å². The number of nitrogens with zero attached hydrogens (tertiary/aromatic N) is 1. The van der Waals surface area contributed by atoms with E-state index >= 15 is 0 Å². The monoisotopic (exact) mass is 459 g/mol. The molecule has 174 valence electrons. The van der Waals surface area contributed by atoms with Crippen molar-refractivity contribution in [2.24, 2.45) is 4.99 Å². The van der Waals surface area contributed by atoms with Gasteiger partial charge in [-0.05, 0) is 35.7 Å². The second kappa shape index (κ2) is 10.4. The van der Waals surface area contributed by atoms with Gasteiger partial charge in [0, 0.05) is 22.5 Å². The number of nitrogens with one attached hydrogen (secondary N) is 4. The second-order valence-corrected chi connectivity index (χ2v) is 7.45. The number of aromatic amines is 2. The maximum atomic E-state index is 11.7. The Morgan fingerprint density at radius 1 is 0.824 bits per heavy atom. The van der Waals surface area contributed by atoms with Gasteiger partial charge < -0.3 is 30.1 Å². The van der Waals surface area contributed by atoms with Gasteiger partial charge in [-0.1, -0.05) is 36.4 Å². The molecule has 0 saturated heterocycles. The van der Waals surface area contributed by atoms with Crippen LogP contribution in [0.2, 0.25) is 0 Å². The number of fused-ring (bicyclic) bond motifs is 1. The van der Waals surface area contributed by atoms with Gasteiger partial charge in [-0.2, -0.15) is 0 Å². The van der Waals surface area contributed by atoms with Gasteiger partial charge in [0.1, 0.15) is 11.4 Å². The normalized spacial score (nSPS) is 11.3. The molecule has 0 radical (unpaired) electrons. The Morgan fingerprint density at radius 2 is 1.47 bits per heavy atom. The van der Waals surface area contributed by atoms with Crippen molar-refractivity contribution in [3.63, 3.8) is 0 Å². The summed E-state index contributed by atoms with van der Waals surface area (Å²) in [6, 6.07) is 21.0. The molecule has 0 aliphatic rings. The number of carbonyl (C=O) groups excluding carboxylic acids is 2. The van der Waals surface area contributed by atoms with Crippen molar-refractivity contribution in [1.29, 1.82) is 0 Å². The summed E-state index contributed by atoms with van der Waals surface area (Å²) in [5.41, 5.74) is 3.19. The van der Waals surface area contributed by atoms with E-state index in [1.165, 1.54) is 14.2 Å². The highest BCUT2D eigenvalue weighted by atomic mass is 16.5. The molecule has 0 bridgehead atoms. The van der Waals surface area contributed by atoms with Gasteiger partial charge in [-0.3, -0.25) is 0 Å². The number of guanidine groups is 1. The molecule has 0 unspecified atom stereocenters. The minimum atomic E-state index is -0.435.